The highest BCUT2D eigenvalue weighted by Gasteiger charge is 2.41. The van der Waals surface area contributed by atoms with Crippen LogP contribution in [0.2, 0.25) is 0 Å². The van der Waals surface area contributed by atoms with E-state index in [0.717, 1.165) is 79.0 Å². The average Bonchev–Trinajstić information content (AvgIpc) is 3.50. The molecule has 2 saturated heterocycles. The predicted octanol–water partition coefficient (Wildman–Crippen LogP) is 3.84. The Balaban J connectivity index is 1.09. The molecule has 0 amide bonds. The van der Waals surface area contributed by atoms with Crippen LogP contribution in [-0.4, -0.2) is 57.1 Å². The fraction of sp³-hybridized carbons (Fsp3) is 0.464. The number of aliphatic hydroxyl groups is 1. The van der Waals surface area contributed by atoms with Gasteiger partial charge >= 0.3 is 5.97 Å². The zero-order valence-electron chi connectivity index (χ0n) is 20.8. The molecular weight excluding hydrogens is 476 g/mol. The molecule has 1 N–H and O–H groups in total. The van der Waals surface area contributed by atoms with E-state index < -0.39 is 15.9 Å². The summed E-state index contributed by atoms with van der Waals surface area (Å²) in [5, 5.41) is 12.4. The van der Waals surface area contributed by atoms with Gasteiger partial charge in [-0.25, -0.2) is 13.2 Å². The molecule has 2 fully saturated rings. The molecule has 1 atom stereocenters. The van der Waals surface area contributed by atoms with Crippen LogP contribution in [0.15, 0.2) is 40.6 Å². The van der Waals surface area contributed by atoms with E-state index >= 15 is 0 Å². The summed E-state index contributed by atoms with van der Waals surface area (Å²) in [6.07, 6.45) is 2.70. The summed E-state index contributed by atoms with van der Waals surface area (Å²) in [5.74, 6) is -0.280. The Kier molecular flexibility index (Phi) is 5.55. The maximum absolute atomic E-state index is 12.3. The van der Waals surface area contributed by atoms with Gasteiger partial charge in [0.1, 0.15) is 6.61 Å². The molecule has 4 heterocycles. The molecule has 36 heavy (non-hydrogen) atoms. The molecule has 0 unspecified atom stereocenters. The van der Waals surface area contributed by atoms with E-state index in [1.807, 2.05) is 32.0 Å². The van der Waals surface area contributed by atoms with E-state index in [9.17, 15) is 18.3 Å². The Morgan fingerprint density at radius 2 is 1.81 bits per heavy atom. The second kappa shape index (κ2) is 8.43. The summed E-state index contributed by atoms with van der Waals surface area (Å²) in [5.41, 5.74) is 6.35. The zero-order chi connectivity index (χ0) is 25.2. The minimum absolute atomic E-state index is 0.263. The highest BCUT2D eigenvalue weighted by Crippen LogP contribution is 2.44. The maximum Gasteiger partial charge on any atom is 0.338 e. The third-order valence-corrected chi connectivity index (χ3v) is 10.4. The van der Waals surface area contributed by atoms with Crippen LogP contribution in [0.3, 0.4) is 0 Å². The molecule has 2 aromatic carbocycles. The Morgan fingerprint density at radius 3 is 2.58 bits per heavy atom. The van der Waals surface area contributed by atoms with Gasteiger partial charge in [0.2, 0.25) is 9.84 Å². The Bertz CT molecular complexity index is 1390. The van der Waals surface area contributed by atoms with Crippen molar-refractivity contribution in [2.24, 2.45) is 5.41 Å². The smallest absolute Gasteiger partial charge is 0.338 e. The van der Waals surface area contributed by atoms with E-state index in [1.54, 1.807) is 12.1 Å². The number of aliphatic hydroxyl groups excluding tert-OH is 1. The molecule has 0 aliphatic carbocycles. The molecule has 0 saturated carbocycles. The van der Waals surface area contributed by atoms with E-state index in [4.69, 9.17) is 4.74 Å². The SMILES string of the molecule is CC1=CS(=O)(=O)c2ccc(N3CCC4(CCN(C[C@H](O)c5ccc6c(c5C)COC6=O)CC4)C3)cc21. The fourth-order valence-corrected chi connectivity index (χ4v) is 7.98. The third-order valence-electron chi connectivity index (χ3n) is 8.74. The van der Waals surface area contributed by atoms with Gasteiger partial charge < -0.3 is 19.6 Å². The molecule has 8 heteroatoms. The third kappa shape index (κ3) is 3.86. The van der Waals surface area contributed by atoms with Crippen molar-refractivity contribution in [2.75, 3.05) is 37.6 Å². The van der Waals surface area contributed by atoms with Gasteiger partial charge in [-0.05, 0) is 98.1 Å². The van der Waals surface area contributed by atoms with Gasteiger partial charge in [0.25, 0.3) is 0 Å². The number of sulfone groups is 1. The minimum Gasteiger partial charge on any atom is -0.457 e. The number of anilines is 1. The van der Waals surface area contributed by atoms with E-state index in [1.165, 1.54) is 5.41 Å². The van der Waals surface area contributed by atoms with Crippen LogP contribution in [0.25, 0.3) is 5.57 Å². The topological polar surface area (TPSA) is 87.2 Å². The molecule has 190 valence electrons. The Hall–Kier alpha value is -2.68. The average molecular weight is 509 g/mol. The normalized spacial score (nSPS) is 22.9. The van der Waals surface area contributed by atoms with Gasteiger partial charge in [0.15, 0.2) is 0 Å². The van der Waals surface area contributed by atoms with Crippen molar-refractivity contribution in [3.05, 3.63) is 63.6 Å². The van der Waals surface area contributed by atoms with Crippen LogP contribution in [-0.2, 0) is 21.2 Å². The number of hydrogen-bond donors (Lipinski definition) is 1. The first-order valence-electron chi connectivity index (χ1n) is 12.7. The number of esters is 1. The molecule has 2 aromatic rings. The van der Waals surface area contributed by atoms with Crippen LogP contribution in [0.4, 0.5) is 5.69 Å². The summed E-state index contributed by atoms with van der Waals surface area (Å²) in [4.78, 5) is 17.0. The second-order valence-electron chi connectivity index (χ2n) is 10.9. The molecule has 0 radical (unpaired) electrons. The first kappa shape index (κ1) is 23.7. The van der Waals surface area contributed by atoms with Crippen LogP contribution in [0.1, 0.15) is 64.9 Å². The van der Waals surface area contributed by atoms with Crippen LogP contribution in [0, 0.1) is 12.3 Å². The number of hydrogen-bond acceptors (Lipinski definition) is 7. The number of likely N-dealkylation sites (tertiary alicyclic amines) is 1. The van der Waals surface area contributed by atoms with E-state index in [0.29, 0.717) is 23.6 Å². The van der Waals surface area contributed by atoms with Crippen LogP contribution >= 0.6 is 0 Å². The largest absolute Gasteiger partial charge is 0.457 e. The van der Waals surface area contributed by atoms with Crippen LogP contribution < -0.4 is 4.90 Å². The Labute approximate surface area is 212 Å². The lowest BCUT2D eigenvalue weighted by Crippen LogP contribution is -2.43. The van der Waals surface area contributed by atoms with E-state index in [-0.39, 0.29) is 11.4 Å². The monoisotopic (exact) mass is 508 g/mol. The number of piperidine rings is 1. The van der Waals surface area contributed by atoms with E-state index in [2.05, 4.69) is 9.80 Å². The van der Waals surface area contributed by atoms with Crippen molar-refractivity contribution in [3.8, 4) is 0 Å². The highest BCUT2D eigenvalue weighted by atomic mass is 32.2. The standard InChI is InChI=1S/C28H32N2O5S/c1-18-16-36(33,34)26-6-3-20(13-23(18)26)30-12-9-28(17-30)7-10-29(11-8-28)14-25(31)21-4-5-22-24(19(21)2)15-35-27(22)32/h3-6,13,16,25,31H,7-12,14-15,17H2,1-2H3/t25-/m0/s1. The van der Waals surface area contributed by atoms with Gasteiger partial charge in [-0.2, -0.15) is 0 Å². The van der Waals surface area contributed by atoms with Crippen molar-refractivity contribution in [3.63, 3.8) is 0 Å². The number of fused-ring (bicyclic) bond motifs is 2. The molecule has 1 spiro atoms. The first-order chi connectivity index (χ1) is 17.2. The summed E-state index contributed by atoms with van der Waals surface area (Å²) in [7, 11) is -3.29. The molecule has 4 aliphatic rings. The highest BCUT2D eigenvalue weighted by molar-refractivity contribution is 7.95. The number of cyclic esters (lactones) is 1. The van der Waals surface area contributed by atoms with Gasteiger partial charge in [0, 0.05) is 36.3 Å². The summed E-state index contributed by atoms with van der Waals surface area (Å²) in [6, 6.07) is 9.38. The van der Waals surface area contributed by atoms with Gasteiger partial charge in [-0.15, -0.1) is 0 Å². The van der Waals surface area contributed by atoms with Crippen molar-refractivity contribution in [1.82, 2.24) is 4.90 Å². The molecule has 0 bridgehead atoms. The number of carbonyl (C=O) groups excluding carboxylic acids is 1. The molecule has 4 aliphatic heterocycles. The molecule has 0 aromatic heterocycles. The number of carbonyl (C=O) groups is 1. The summed E-state index contributed by atoms with van der Waals surface area (Å²) >= 11 is 0. The predicted molar refractivity (Wildman–Crippen MR) is 137 cm³/mol. The quantitative estimate of drug-likeness (QED) is 0.628. The lowest BCUT2D eigenvalue weighted by atomic mass is 9.77. The molecular formula is C28H32N2O5S. The second-order valence-corrected chi connectivity index (χ2v) is 12.7. The fourth-order valence-electron chi connectivity index (χ4n) is 6.48. The van der Waals surface area contributed by atoms with Crippen molar-refractivity contribution in [2.45, 2.75) is 50.7 Å². The van der Waals surface area contributed by atoms with Crippen LogP contribution in [0.5, 0.6) is 0 Å². The van der Waals surface area contributed by atoms with Gasteiger partial charge in [-0.1, -0.05) is 6.07 Å². The summed E-state index contributed by atoms with van der Waals surface area (Å²) in [6.45, 7) is 8.55. The van der Waals surface area contributed by atoms with Crippen molar-refractivity contribution < 1.29 is 23.1 Å². The summed E-state index contributed by atoms with van der Waals surface area (Å²) < 4.78 is 29.7. The number of nitrogens with zero attached hydrogens (tertiary/aromatic N) is 2. The number of rotatable bonds is 4. The number of allylic oxidation sites excluding steroid dienone is 1. The zero-order valence-corrected chi connectivity index (χ0v) is 21.6. The number of benzene rings is 2. The Morgan fingerprint density at radius 1 is 1.06 bits per heavy atom. The lowest BCUT2D eigenvalue weighted by Gasteiger charge is -2.40. The molecule has 6 rings (SSSR count). The van der Waals surface area contributed by atoms with Gasteiger partial charge in [-0.3, -0.25) is 0 Å². The lowest BCUT2D eigenvalue weighted by molar-refractivity contribution is 0.0534. The van der Waals surface area contributed by atoms with Crippen molar-refractivity contribution in [1.29, 1.82) is 0 Å². The van der Waals surface area contributed by atoms with Gasteiger partial charge in [0.05, 0.1) is 16.6 Å². The number of β-amino-alcohol motifs (C(OH)–C–C–N with tert-alkyl or cyclic N) is 1. The minimum atomic E-state index is -3.29. The molecule has 7 nitrogen and oxygen atoms in total. The first-order valence-corrected chi connectivity index (χ1v) is 14.2. The number of ether oxygens (including phenoxy) is 1. The van der Waals surface area contributed by atoms with Crippen molar-refractivity contribution >= 4 is 27.1 Å². The maximum atomic E-state index is 12.3.